The Morgan fingerprint density at radius 3 is 2.19 bits per heavy atom. The van der Waals surface area contributed by atoms with Crippen LogP contribution in [0.15, 0.2) is 113 Å². The Bertz CT molecular complexity index is 1550. The molecule has 6 rings (SSSR count). The maximum atomic E-state index is 6.40. The van der Waals surface area contributed by atoms with Gasteiger partial charge in [-0.15, -0.1) is 11.8 Å². The second kappa shape index (κ2) is 7.74. The summed E-state index contributed by atoms with van der Waals surface area (Å²) in [6, 6.07) is 35.3. The van der Waals surface area contributed by atoms with Crippen LogP contribution in [-0.2, 0) is 0 Å². The van der Waals surface area contributed by atoms with Crippen LogP contribution in [0.25, 0.3) is 50.0 Å². The van der Waals surface area contributed by atoms with Crippen LogP contribution in [0.1, 0.15) is 0 Å². The van der Waals surface area contributed by atoms with Crippen molar-refractivity contribution in [1.29, 1.82) is 0 Å². The fourth-order valence-electron chi connectivity index (χ4n) is 4.32. The first-order valence-corrected chi connectivity index (χ1v) is 11.8. The minimum Gasteiger partial charge on any atom is -0.455 e. The fraction of sp³-hybridized carbons (Fsp3) is 0.0357. The number of rotatable bonds is 4. The van der Waals surface area contributed by atoms with Gasteiger partial charge in [0.1, 0.15) is 21.9 Å². The lowest BCUT2D eigenvalue weighted by Crippen LogP contribution is -1.97. The predicted molar refractivity (Wildman–Crippen MR) is 133 cm³/mol. The van der Waals surface area contributed by atoms with Crippen LogP contribution in [0.3, 0.4) is 0 Å². The van der Waals surface area contributed by atoms with E-state index in [-0.39, 0.29) is 0 Å². The molecule has 4 heteroatoms. The molecule has 6 aromatic rings. The van der Waals surface area contributed by atoms with Gasteiger partial charge in [-0.2, -0.15) is 5.10 Å². The van der Waals surface area contributed by atoms with Gasteiger partial charge < -0.3 is 4.42 Å². The Morgan fingerprint density at radius 2 is 1.41 bits per heavy atom. The highest BCUT2D eigenvalue weighted by Crippen LogP contribution is 2.44. The molecule has 0 saturated carbocycles. The maximum Gasteiger partial charge on any atom is 0.143 e. The third-order valence-corrected chi connectivity index (χ3v) is 6.52. The van der Waals surface area contributed by atoms with Gasteiger partial charge in [-0.05, 0) is 24.5 Å². The highest BCUT2D eigenvalue weighted by atomic mass is 32.2. The lowest BCUT2D eigenvalue weighted by molar-refractivity contribution is 0.670. The Balaban J connectivity index is 1.72. The molecule has 32 heavy (non-hydrogen) atoms. The van der Waals surface area contributed by atoms with Gasteiger partial charge in [0.25, 0.3) is 0 Å². The highest BCUT2D eigenvalue weighted by Gasteiger charge is 2.24. The molecule has 0 aliphatic carbocycles. The van der Waals surface area contributed by atoms with E-state index in [1.54, 1.807) is 11.8 Å². The quantitative estimate of drug-likeness (QED) is 0.266. The van der Waals surface area contributed by atoms with Crippen LogP contribution in [0.4, 0.5) is 0 Å². The smallest absolute Gasteiger partial charge is 0.143 e. The monoisotopic (exact) mass is 432 g/mol. The van der Waals surface area contributed by atoms with Gasteiger partial charge in [-0.25, -0.2) is 4.68 Å². The van der Waals surface area contributed by atoms with Gasteiger partial charge in [0, 0.05) is 27.5 Å². The van der Waals surface area contributed by atoms with Crippen molar-refractivity contribution in [2.24, 2.45) is 0 Å². The number of furan rings is 1. The van der Waals surface area contributed by atoms with Crippen LogP contribution >= 0.6 is 11.8 Å². The number of benzene rings is 4. The molecule has 0 aliphatic heterocycles. The minimum absolute atomic E-state index is 0.897. The van der Waals surface area contributed by atoms with Gasteiger partial charge in [-0.3, -0.25) is 0 Å². The molecule has 154 valence electrons. The zero-order chi connectivity index (χ0) is 21.5. The SMILES string of the molecule is CSc1c(-c2cccc3c2oc2ccccc23)c(-c2ccccc2)nn1-c1ccccc1. The van der Waals surface area contributed by atoms with E-state index in [2.05, 4.69) is 73.0 Å². The van der Waals surface area contributed by atoms with E-state index in [0.29, 0.717) is 0 Å². The molecule has 0 atom stereocenters. The number of hydrogen-bond acceptors (Lipinski definition) is 3. The van der Waals surface area contributed by atoms with E-state index in [9.17, 15) is 0 Å². The molecule has 0 aliphatic rings. The molecule has 0 radical (unpaired) electrons. The normalized spacial score (nSPS) is 11.4. The fourth-order valence-corrected chi connectivity index (χ4v) is 5.05. The lowest BCUT2D eigenvalue weighted by Gasteiger charge is -2.08. The van der Waals surface area contributed by atoms with Crippen molar-refractivity contribution >= 4 is 33.7 Å². The summed E-state index contributed by atoms with van der Waals surface area (Å²) in [7, 11) is 0. The maximum absolute atomic E-state index is 6.40. The Labute approximate surface area is 190 Å². The van der Waals surface area contributed by atoms with Gasteiger partial charge >= 0.3 is 0 Å². The molecular weight excluding hydrogens is 412 g/mol. The summed E-state index contributed by atoms with van der Waals surface area (Å²) in [5, 5.41) is 8.45. The van der Waals surface area contributed by atoms with Crippen molar-refractivity contribution in [2.75, 3.05) is 6.26 Å². The molecule has 0 amide bonds. The second-order valence-electron chi connectivity index (χ2n) is 7.63. The van der Waals surface area contributed by atoms with Gasteiger partial charge in [0.2, 0.25) is 0 Å². The van der Waals surface area contributed by atoms with Crippen LogP contribution in [0, 0.1) is 0 Å². The molecule has 3 nitrogen and oxygen atoms in total. The number of thioether (sulfide) groups is 1. The molecule has 0 spiro atoms. The van der Waals surface area contributed by atoms with Crippen molar-refractivity contribution in [1.82, 2.24) is 9.78 Å². The first kappa shape index (κ1) is 19.0. The molecule has 2 heterocycles. The predicted octanol–water partition coefficient (Wildman–Crippen LogP) is 7.83. The van der Waals surface area contributed by atoms with E-state index < -0.39 is 0 Å². The number of fused-ring (bicyclic) bond motifs is 3. The average Bonchev–Trinajstić information content (AvgIpc) is 3.44. The summed E-state index contributed by atoms with van der Waals surface area (Å²) in [5.41, 5.74) is 7.02. The Kier molecular flexibility index (Phi) is 4.58. The van der Waals surface area contributed by atoms with Gasteiger partial charge in [-0.1, -0.05) is 84.9 Å². The summed E-state index contributed by atoms with van der Waals surface area (Å²) in [5.74, 6) is 0. The van der Waals surface area contributed by atoms with Crippen LogP contribution in [0.5, 0.6) is 0 Å². The molecule has 0 N–H and O–H groups in total. The van der Waals surface area contributed by atoms with Gasteiger partial charge in [0.05, 0.1) is 5.69 Å². The largest absolute Gasteiger partial charge is 0.455 e. The van der Waals surface area contributed by atoms with E-state index in [1.807, 2.05) is 41.1 Å². The van der Waals surface area contributed by atoms with E-state index in [1.165, 1.54) is 0 Å². The third kappa shape index (κ3) is 2.95. The molecule has 0 bridgehead atoms. The van der Waals surface area contributed by atoms with Crippen molar-refractivity contribution < 1.29 is 4.42 Å². The summed E-state index contributed by atoms with van der Waals surface area (Å²) in [6.45, 7) is 0. The average molecular weight is 433 g/mol. The first-order chi connectivity index (χ1) is 15.8. The number of hydrogen-bond donors (Lipinski definition) is 0. The summed E-state index contributed by atoms with van der Waals surface area (Å²) in [4.78, 5) is 0. The zero-order valence-electron chi connectivity index (χ0n) is 17.5. The topological polar surface area (TPSA) is 31.0 Å². The number of nitrogens with zero attached hydrogens (tertiary/aromatic N) is 2. The number of para-hydroxylation sites is 3. The van der Waals surface area contributed by atoms with Crippen molar-refractivity contribution in [3.05, 3.63) is 103 Å². The molecule has 0 unspecified atom stereocenters. The third-order valence-electron chi connectivity index (χ3n) is 5.76. The van der Waals surface area contributed by atoms with Crippen LogP contribution < -0.4 is 0 Å². The van der Waals surface area contributed by atoms with Crippen LogP contribution in [-0.4, -0.2) is 16.0 Å². The van der Waals surface area contributed by atoms with E-state index in [0.717, 1.165) is 55.0 Å². The second-order valence-corrected chi connectivity index (χ2v) is 8.42. The zero-order valence-corrected chi connectivity index (χ0v) is 18.3. The minimum atomic E-state index is 0.897. The number of aromatic nitrogens is 2. The Hall–Kier alpha value is -3.76. The van der Waals surface area contributed by atoms with Crippen LogP contribution in [0.2, 0.25) is 0 Å². The lowest BCUT2D eigenvalue weighted by atomic mass is 9.99. The first-order valence-electron chi connectivity index (χ1n) is 10.5. The van der Waals surface area contributed by atoms with E-state index in [4.69, 9.17) is 9.52 Å². The van der Waals surface area contributed by atoms with Gasteiger partial charge in [0.15, 0.2) is 0 Å². The molecule has 2 aromatic heterocycles. The molecular formula is C28H20N2OS. The Morgan fingerprint density at radius 1 is 0.719 bits per heavy atom. The van der Waals surface area contributed by atoms with E-state index >= 15 is 0 Å². The standard InChI is InChI=1S/C28H20N2OS/c1-32-28-25(23-17-10-16-22-21-15-8-9-18-24(21)31-27(22)23)26(19-11-4-2-5-12-19)29-30(28)20-13-6-3-7-14-20/h2-18H,1H3. The van der Waals surface area contributed by atoms with Crippen molar-refractivity contribution in [3.63, 3.8) is 0 Å². The summed E-state index contributed by atoms with van der Waals surface area (Å²) < 4.78 is 8.44. The molecule has 4 aromatic carbocycles. The highest BCUT2D eigenvalue weighted by molar-refractivity contribution is 7.98. The summed E-state index contributed by atoms with van der Waals surface area (Å²) >= 11 is 1.70. The van der Waals surface area contributed by atoms with Crippen molar-refractivity contribution in [2.45, 2.75) is 5.03 Å². The summed E-state index contributed by atoms with van der Waals surface area (Å²) in [6.07, 6.45) is 2.10. The van der Waals surface area contributed by atoms with Crippen molar-refractivity contribution in [3.8, 4) is 28.1 Å². The molecule has 0 saturated heterocycles. The molecule has 0 fully saturated rings.